The summed E-state index contributed by atoms with van der Waals surface area (Å²) in [6, 6.07) is 4.68. The standard InChI is InChI=1S/C15H22ClFN2/c16-14-9-13(10-15(17)11-14)12-18-5-8-19-6-3-1-2-4-7-19/h9-11,18H,1-8,12H2. The molecule has 0 aromatic heterocycles. The minimum atomic E-state index is -0.267. The lowest BCUT2D eigenvalue weighted by Gasteiger charge is -2.19. The first-order valence-corrected chi connectivity index (χ1v) is 7.50. The maximum atomic E-state index is 13.2. The average Bonchev–Trinajstić information content (AvgIpc) is 2.62. The van der Waals surface area contributed by atoms with Crippen LogP contribution in [0.3, 0.4) is 0 Å². The number of hydrogen-bond acceptors (Lipinski definition) is 2. The molecule has 2 rings (SSSR count). The van der Waals surface area contributed by atoms with Crippen LogP contribution in [0.5, 0.6) is 0 Å². The van der Waals surface area contributed by atoms with Gasteiger partial charge in [-0.1, -0.05) is 24.4 Å². The second-order valence-corrected chi connectivity index (χ2v) is 5.65. The van der Waals surface area contributed by atoms with Crippen molar-refractivity contribution in [3.8, 4) is 0 Å². The summed E-state index contributed by atoms with van der Waals surface area (Å²) < 4.78 is 13.2. The minimum absolute atomic E-state index is 0.267. The van der Waals surface area contributed by atoms with E-state index in [1.54, 1.807) is 0 Å². The Kier molecular flexibility index (Phi) is 6.08. The summed E-state index contributed by atoms with van der Waals surface area (Å²) in [5.74, 6) is -0.267. The van der Waals surface area contributed by atoms with Crippen LogP contribution >= 0.6 is 11.6 Å². The van der Waals surface area contributed by atoms with Crippen LogP contribution in [0.15, 0.2) is 18.2 Å². The third kappa shape index (κ3) is 5.47. The van der Waals surface area contributed by atoms with Gasteiger partial charge in [0.25, 0.3) is 0 Å². The number of halogens is 2. The molecule has 0 unspecified atom stereocenters. The van der Waals surface area contributed by atoms with Gasteiger partial charge in [0.1, 0.15) is 5.82 Å². The maximum Gasteiger partial charge on any atom is 0.125 e. The van der Waals surface area contributed by atoms with Crippen molar-refractivity contribution in [1.29, 1.82) is 0 Å². The Balaban J connectivity index is 1.68. The molecule has 0 spiro atoms. The van der Waals surface area contributed by atoms with Gasteiger partial charge in [0.15, 0.2) is 0 Å². The van der Waals surface area contributed by atoms with Gasteiger partial charge in [0.05, 0.1) is 0 Å². The quantitative estimate of drug-likeness (QED) is 0.833. The highest BCUT2D eigenvalue weighted by Crippen LogP contribution is 2.14. The molecule has 19 heavy (non-hydrogen) atoms. The molecule has 1 N–H and O–H groups in total. The van der Waals surface area contributed by atoms with Gasteiger partial charge in [0, 0.05) is 24.7 Å². The largest absolute Gasteiger partial charge is 0.311 e. The lowest BCUT2D eigenvalue weighted by atomic mass is 10.2. The normalized spacial score (nSPS) is 17.4. The van der Waals surface area contributed by atoms with Crippen LogP contribution in [-0.2, 0) is 6.54 Å². The molecule has 1 aromatic carbocycles. The summed E-state index contributed by atoms with van der Waals surface area (Å²) in [6.45, 7) is 5.11. The van der Waals surface area contributed by atoms with Gasteiger partial charge < -0.3 is 10.2 Å². The van der Waals surface area contributed by atoms with Crippen molar-refractivity contribution in [2.45, 2.75) is 32.2 Å². The summed E-state index contributed by atoms with van der Waals surface area (Å²) in [6.07, 6.45) is 5.37. The Bertz CT molecular complexity index is 369. The average molecular weight is 285 g/mol. The number of nitrogens with one attached hydrogen (secondary N) is 1. The van der Waals surface area contributed by atoms with E-state index in [1.165, 1.54) is 50.9 Å². The molecule has 1 fully saturated rings. The number of likely N-dealkylation sites (tertiary alicyclic amines) is 1. The summed E-state index contributed by atoms with van der Waals surface area (Å²) in [5, 5.41) is 3.82. The van der Waals surface area contributed by atoms with Gasteiger partial charge >= 0.3 is 0 Å². The van der Waals surface area contributed by atoms with Crippen molar-refractivity contribution in [1.82, 2.24) is 10.2 Å². The Morgan fingerprint density at radius 1 is 1.11 bits per heavy atom. The topological polar surface area (TPSA) is 15.3 Å². The van der Waals surface area contributed by atoms with Crippen LogP contribution in [-0.4, -0.2) is 31.1 Å². The Labute approximate surface area is 119 Å². The first kappa shape index (κ1) is 14.8. The molecule has 1 aliphatic heterocycles. The van der Waals surface area contributed by atoms with Crippen LogP contribution in [0, 0.1) is 5.82 Å². The Morgan fingerprint density at radius 2 is 1.84 bits per heavy atom. The van der Waals surface area contributed by atoms with Crippen molar-refractivity contribution in [2.75, 3.05) is 26.2 Å². The second-order valence-electron chi connectivity index (χ2n) is 5.21. The fourth-order valence-electron chi connectivity index (χ4n) is 2.54. The number of rotatable bonds is 5. The van der Waals surface area contributed by atoms with Crippen LogP contribution in [0.4, 0.5) is 4.39 Å². The van der Waals surface area contributed by atoms with E-state index in [1.807, 2.05) is 6.07 Å². The molecular weight excluding hydrogens is 263 g/mol. The molecule has 2 nitrogen and oxygen atoms in total. The van der Waals surface area contributed by atoms with Crippen LogP contribution in [0.25, 0.3) is 0 Å². The first-order chi connectivity index (χ1) is 9.24. The summed E-state index contributed by atoms with van der Waals surface area (Å²) in [4.78, 5) is 2.51. The van der Waals surface area contributed by atoms with E-state index in [-0.39, 0.29) is 5.82 Å². The van der Waals surface area contributed by atoms with E-state index < -0.39 is 0 Å². The zero-order valence-electron chi connectivity index (χ0n) is 11.3. The number of nitrogens with zero attached hydrogens (tertiary/aromatic N) is 1. The third-order valence-corrected chi connectivity index (χ3v) is 3.77. The van der Waals surface area contributed by atoms with Gasteiger partial charge in [-0.05, 0) is 49.7 Å². The first-order valence-electron chi connectivity index (χ1n) is 7.12. The molecule has 0 atom stereocenters. The molecule has 1 aromatic rings. The zero-order valence-corrected chi connectivity index (χ0v) is 12.1. The lowest BCUT2D eigenvalue weighted by molar-refractivity contribution is 0.284. The predicted molar refractivity (Wildman–Crippen MR) is 78.0 cm³/mol. The molecule has 1 heterocycles. The lowest BCUT2D eigenvalue weighted by Crippen LogP contribution is -2.32. The van der Waals surface area contributed by atoms with E-state index in [0.717, 1.165) is 18.7 Å². The molecule has 0 radical (unpaired) electrons. The van der Waals surface area contributed by atoms with Gasteiger partial charge in [0.2, 0.25) is 0 Å². The van der Waals surface area contributed by atoms with Gasteiger partial charge in [-0.15, -0.1) is 0 Å². The second kappa shape index (κ2) is 7.83. The summed E-state index contributed by atoms with van der Waals surface area (Å²) in [7, 11) is 0. The van der Waals surface area contributed by atoms with Gasteiger partial charge in [-0.2, -0.15) is 0 Å². The van der Waals surface area contributed by atoms with Crippen molar-refractivity contribution < 1.29 is 4.39 Å². The monoisotopic (exact) mass is 284 g/mol. The fraction of sp³-hybridized carbons (Fsp3) is 0.600. The summed E-state index contributed by atoms with van der Waals surface area (Å²) >= 11 is 5.83. The van der Waals surface area contributed by atoms with E-state index in [0.29, 0.717) is 11.6 Å². The molecule has 1 aliphatic rings. The molecule has 106 valence electrons. The molecule has 0 saturated carbocycles. The predicted octanol–water partition coefficient (Wildman–Crippen LogP) is 3.44. The molecule has 1 saturated heterocycles. The third-order valence-electron chi connectivity index (χ3n) is 3.55. The van der Waals surface area contributed by atoms with E-state index in [2.05, 4.69) is 10.2 Å². The summed E-state index contributed by atoms with van der Waals surface area (Å²) in [5.41, 5.74) is 0.904. The molecule has 0 bridgehead atoms. The Morgan fingerprint density at radius 3 is 2.53 bits per heavy atom. The highest BCUT2D eigenvalue weighted by molar-refractivity contribution is 6.30. The molecule has 0 aliphatic carbocycles. The van der Waals surface area contributed by atoms with Crippen LogP contribution in [0.2, 0.25) is 5.02 Å². The maximum absolute atomic E-state index is 13.2. The minimum Gasteiger partial charge on any atom is -0.311 e. The molecular formula is C15H22ClFN2. The van der Waals surface area contributed by atoms with E-state index in [4.69, 9.17) is 11.6 Å². The van der Waals surface area contributed by atoms with Crippen LogP contribution < -0.4 is 5.32 Å². The smallest absolute Gasteiger partial charge is 0.125 e. The van der Waals surface area contributed by atoms with Crippen molar-refractivity contribution in [3.63, 3.8) is 0 Å². The molecule has 4 heteroatoms. The highest BCUT2D eigenvalue weighted by Gasteiger charge is 2.07. The van der Waals surface area contributed by atoms with Crippen molar-refractivity contribution in [3.05, 3.63) is 34.6 Å². The van der Waals surface area contributed by atoms with Crippen molar-refractivity contribution >= 4 is 11.6 Å². The number of hydrogen-bond donors (Lipinski definition) is 1. The van der Waals surface area contributed by atoms with E-state index >= 15 is 0 Å². The zero-order chi connectivity index (χ0) is 13.5. The van der Waals surface area contributed by atoms with Crippen LogP contribution in [0.1, 0.15) is 31.2 Å². The van der Waals surface area contributed by atoms with Gasteiger partial charge in [-0.25, -0.2) is 4.39 Å². The van der Waals surface area contributed by atoms with E-state index in [9.17, 15) is 4.39 Å². The van der Waals surface area contributed by atoms with Crippen molar-refractivity contribution in [2.24, 2.45) is 0 Å². The number of benzene rings is 1. The SMILES string of the molecule is Fc1cc(Cl)cc(CNCCN2CCCCCC2)c1. The molecule has 0 amide bonds. The fourth-order valence-corrected chi connectivity index (χ4v) is 2.79. The highest BCUT2D eigenvalue weighted by atomic mass is 35.5. The Hall–Kier alpha value is -0.640. The van der Waals surface area contributed by atoms with Gasteiger partial charge in [-0.3, -0.25) is 0 Å².